The Morgan fingerprint density at radius 2 is 1.90 bits per heavy atom. The third kappa shape index (κ3) is 2.55. The summed E-state index contributed by atoms with van der Waals surface area (Å²) in [4.78, 5) is 0. The predicted octanol–water partition coefficient (Wildman–Crippen LogP) is 1.56. The number of nitrogens with two attached hydrogens (primary N) is 3. The molecule has 0 radical (unpaired) electrons. The molecular weight excluding hydrogens is 271 g/mol. The van der Waals surface area contributed by atoms with Crippen LogP contribution >= 0.6 is 0 Å². The highest BCUT2D eigenvalue weighted by atomic mass is 19.4. The van der Waals surface area contributed by atoms with Crippen molar-refractivity contribution in [2.45, 2.75) is 12.6 Å². The Balaban J connectivity index is 2.50. The zero-order valence-electron chi connectivity index (χ0n) is 10.5. The molecule has 0 unspecified atom stereocenters. The Kier molecular flexibility index (Phi) is 3.58. The first-order valence-electron chi connectivity index (χ1n) is 5.85. The van der Waals surface area contributed by atoms with Gasteiger partial charge in [0.05, 0.1) is 11.3 Å². The smallest absolute Gasteiger partial charge is 0.383 e. The second-order valence-corrected chi connectivity index (χ2v) is 4.25. The molecule has 1 aromatic heterocycles. The minimum absolute atomic E-state index is 0.172. The highest BCUT2D eigenvalue weighted by Crippen LogP contribution is 2.31. The average Bonchev–Trinajstić information content (AvgIpc) is 2.66. The second kappa shape index (κ2) is 5.04. The lowest BCUT2D eigenvalue weighted by molar-refractivity contribution is -0.137. The van der Waals surface area contributed by atoms with E-state index in [2.05, 4.69) is 5.10 Å². The van der Waals surface area contributed by atoms with E-state index in [1.165, 1.54) is 16.8 Å². The molecule has 0 aliphatic rings. The molecule has 0 spiro atoms. The van der Waals surface area contributed by atoms with Crippen molar-refractivity contribution in [2.75, 3.05) is 18.0 Å². The summed E-state index contributed by atoms with van der Waals surface area (Å²) >= 11 is 0. The lowest BCUT2D eigenvalue weighted by atomic mass is 10.2. The highest BCUT2D eigenvalue weighted by Gasteiger charge is 2.30. The molecule has 0 saturated heterocycles. The molecule has 20 heavy (non-hydrogen) atoms. The van der Waals surface area contributed by atoms with Crippen molar-refractivity contribution in [3.05, 3.63) is 35.4 Å². The summed E-state index contributed by atoms with van der Waals surface area (Å²) in [5.41, 5.74) is 17.0. The standard InChI is InChI=1S/C12H14F3N5/c13-12(14,15)7-2-1-3-8(6-7)20-11(18)9(4-5-16)10(17)19-20/h1-3,6H,4-5,16,18H2,(H2,17,19). The van der Waals surface area contributed by atoms with Gasteiger partial charge in [-0.3, -0.25) is 0 Å². The molecule has 0 fully saturated rings. The van der Waals surface area contributed by atoms with Gasteiger partial charge in [-0.15, -0.1) is 5.10 Å². The van der Waals surface area contributed by atoms with Gasteiger partial charge in [-0.2, -0.15) is 13.2 Å². The van der Waals surface area contributed by atoms with E-state index in [4.69, 9.17) is 17.2 Å². The van der Waals surface area contributed by atoms with E-state index >= 15 is 0 Å². The van der Waals surface area contributed by atoms with Crippen LogP contribution in [0.1, 0.15) is 11.1 Å². The highest BCUT2D eigenvalue weighted by molar-refractivity contribution is 5.58. The van der Waals surface area contributed by atoms with Gasteiger partial charge in [0.15, 0.2) is 5.82 Å². The molecule has 1 aromatic carbocycles. The molecule has 5 nitrogen and oxygen atoms in total. The summed E-state index contributed by atoms with van der Waals surface area (Å²) in [5.74, 6) is 0.373. The van der Waals surface area contributed by atoms with E-state index < -0.39 is 11.7 Å². The minimum Gasteiger partial charge on any atom is -0.383 e. The molecule has 2 aromatic rings. The van der Waals surface area contributed by atoms with E-state index in [9.17, 15) is 13.2 Å². The Labute approximate surface area is 113 Å². The first-order chi connectivity index (χ1) is 9.34. The number of nitrogens with zero attached hydrogens (tertiary/aromatic N) is 2. The van der Waals surface area contributed by atoms with Gasteiger partial charge < -0.3 is 17.2 Å². The topological polar surface area (TPSA) is 95.9 Å². The SMILES string of the molecule is NCCc1c(N)nn(-c2cccc(C(F)(F)F)c2)c1N. The number of alkyl halides is 3. The molecule has 108 valence electrons. The molecule has 0 aliphatic carbocycles. The average molecular weight is 285 g/mol. The van der Waals surface area contributed by atoms with Crippen molar-refractivity contribution >= 4 is 11.6 Å². The van der Waals surface area contributed by atoms with Gasteiger partial charge in [-0.05, 0) is 31.2 Å². The monoisotopic (exact) mass is 285 g/mol. The number of nitrogen functional groups attached to an aromatic ring is 2. The van der Waals surface area contributed by atoms with Crippen molar-refractivity contribution in [3.63, 3.8) is 0 Å². The molecular formula is C12H14F3N5. The maximum atomic E-state index is 12.7. The first-order valence-corrected chi connectivity index (χ1v) is 5.85. The second-order valence-electron chi connectivity index (χ2n) is 4.25. The third-order valence-electron chi connectivity index (χ3n) is 2.87. The van der Waals surface area contributed by atoms with Crippen LogP contribution in [0.2, 0.25) is 0 Å². The normalized spacial score (nSPS) is 11.8. The van der Waals surface area contributed by atoms with Crippen LogP contribution < -0.4 is 17.2 Å². The largest absolute Gasteiger partial charge is 0.416 e. The zero-order chi connectivity index (χ0) is 14.9. The van der Waals surface area contributed by atoms with Crippen LogP contribution in [0.5, 0.6) is 0 Å². The van der Waals surface area contributed by atoms with Gasteiger partial charge in [-0.25, -0.2) is 4.68 Å². The summed E-state index contributed by atoms with van der Waals surface area (Å²) in [6, 6.07) is 4.71. The van der Waals surface area contributed by atoms with Gasteiger partial charge in [0.1, 0.15) is 5.82 Å². The molecule has 0 saturated carbocycles. The maximum absolute atomic E-state index is 12.7. The van der Waals surface area contributed by atoms with Gasteiger partial charge in [0.25, 0.3) is 0 Å². The van der Waals surface area contributed by atoms with Gasteiger partial charge in [0, 0.05) is 5.56 Å². The van der Waals surface area contributed by atoms with Gasteiger partial charge in [0.2, 0.25) is 0 Å². The fourth-order valence-electron chi connectivity index (χ4n) is 1.89. The van der Waals surface area contributed by atoms with Crippen LogP contribution in [0, 0.1) is 0 Å². The molecule has 8 heteroatoms. The number of hydrogen-bond acceptors (Lipinski definition) is 4. The van der Waals surface area contributed by atoms with Crippen LogP contribution in [0.15, 0.2) is 24.3 Å². The zero-order valence-corrected chi connectivity index (χ0v) is 10.5. The third-order valence-corrected chi connectivity index (χ3v) is 2.87. The Hall–Kier alpha value is -2.22. The molecule has 2 rings (SSSR count). The van der Waals surface area contributed by atoms with Gasteiger partial charge >= 0.3 is 6.18 Å². The van der Waals surface area contributed by atoms with Crippen molar-refractivity contribution in [1.29, 1.82) is 0 Å². The predicted molar refractivity (Wildman–Crippen MR) is 70.1 cm³/mol. The molecule has 0 bridgehead atoms. The Morgan fingerprint density at radius 1 is 1.20 bits per heavy atom. The van der Waals surface area contributed by atoms with Crippen molar-refractivity contribution < 1.29 is 13.2 Å². The number of benzene rings is 1. The lowest BCUT2D eigenvalue weighted by Gasteiger charge is -2.09. The number of rotatable bonds is 3. The Morgan fingerprint density at radius 3 is 2.50 bits per heavy atom. The maximum Gasteiger partial charge on any atom is 0.416 e. The Bertz CT molecular complexity index is 618. The summed E-state index contributed by atoms with van der Waals surface area (Å²) in [6.45, 7) is 0.322. The molecule has 1 heterocycles. The number of halogens is 3. The van der Waals surface area contributed by atoms with Crippen LogP contribution in [0.4, 0.5) is 24.8 Å². The minimum atomic E-state index is -4.43. The fraction of sp³-hybridized carbons (Fsp3) is 0.250. The summed E-state index contributed by atoms with van der Waals surface area (Å²) < 4.78 is 39.3. The molecule has 6 N–H and O–H groups in total. The van der Waals surface area contributed by atoms with Crippen LogP contribution in [0.25, 0.3) is 5.69 Å². The lowest BCUT2D eigenvalue weighted by Crippen LogP contribution is -2.09. The van der Waals surface area contributed by atoms with Crippen molar-refractivity contribution in [1.82, 2.24) is 9.78 Å². The van der Waals surface area contributed by atoms with Crippen molar-refractivity contribution in [3.8, 4) is 5.69 Å². The van der Waals surface area contributed by atoms with E-state index in [0.717, 1.165) is 12.1 Å². The van der Waals surface area contributed by atoms with Crippen LogP contribution in [0.3, 0.4) is 0 Å². The number of aromatic nitrogens is 2. The summed E-state index contributed by atoms with van der Waals surface area (Å²) in [5, 5.41) is 3.97. The van der Waals surface area contributed by atoms with Crippen LogP contribution in [-0.4, -0.2) is 16.3 Å². The first kappa shape index (κ1) is 14.2. The van der Waals surface area contributed by atoms with E-state index in [1.807, 2.05) is 0 Å². The number of anilines is 2. The van der Waals surface area contributed by atoms with Crippen LogP contribution in [-0.2, 0) is 12.6 Å². The summed E-state index contributed by atoms with van der Waals surface area (Å²) in [6.07, 6.45) is -4.01. The molecule has 0 aliphatic heterocycles. The molecule has 0 amide bonds. The number of hydrogen-bond donors (Lipinski definition) is 3. The quantitative estimate of drug-likeness (QED) is 0.797. The molecule has 0 atom stereocenters. The van der Waals surface area contributed by atoms with E-state index in [1.54, 1.807) is 0 Å². The van der Waals surface area contributed by atoms with Gasteiger partial charge in [-0.1, -0.05) is 6.07 Å². The van der Waals surface area contributed by atoms with E-state index in [-0.39, 0.29) is 17.3 Å². The fourth-order valence-corrected chi connectivity index (χ4v) is 1.89. The van der Waals surface area contributed by atoms with E-state index in [0.29, 0.717) is 18.5 Å². The summed E-state index contributed by atoms with van der Waals surface area (Å²) in [7, 11) is 0. The van der Waals surface area contributed by atoms with Crippen molar-refractivity contribution in [2.24, 2.45) is 5.73 Å².